The van der Waals surface area contributed by atoms with Gasteiger partial charge in [-0.2, -0.15) is 0 Å². The number of fused-ring (bicyclic) bond motifs is 1. The van der Waals surface area contributed by atoms with E-state index in [1.807, 2.05) is 12.4 Å². The van der Waals surface area contributed by atoms with Crippen LogP contribution >= 0.6 is 25.3 Å². The van der Waals surface area contributed by atoms with E-state index in [2.05, 4.69) is 170 Å². The first kappa shape index (κ1) is 32.3. The summed E-state index contributed by atoms with van der Waals surface area (Å²) < 4.78 is 0. The number of thiol groups is 2. The van der Waals surface area contributed by atoms with Gasteiger partial charge in [0, 0.05) is 45.2 Å². The summed E-state index contributed by atoms with van der Waals surface area (Å²) in [5.74, 6) is 0.408. The monoisotopic (exact) mass is 750 g/mol. The molecule has 56 heavy (non-hydrogen) atoms. The second-order valence-corrected chi connectivity index (χ2v) is 16.3. The SMILES string of the molecule is Sc1c(C=NC23c4ccccc4C(c4ccccc42)c2ccccc23)ccc2c(S)c(C=NC34c5ccccc5C(c5ccccc53)c3ccccc34)ccc12. The van der Waals surface area contributed by atoms with E-state index in [0.29, 0.717) is 0 Å². The van der Waals surface area contributed by atoms with Gasteiger partial charge < -0.3 is 0 Å². The summed E-state index contributed by atoms with van der Waals surface area (Å²) in [5.41, 5.74) is 16.1. The molecule has 264 valence electrons. The van der Waals surface area contributed by atoms with Gasteiger partial charge in [0.2, 0.25) is 0 Å². The van der Waals surface area contributed by atoms with E-state index in [9.17, 15) is 0 Å². The molecule has 0 heterocycles. The largest absolute Gasteiger partial charge is 0.271 e. The van der Waals surface area contributed by atoms with Gasteiger partial charge in [-0.1, -0.05) is 170 Å². The maximum Gasteiger partial charge on any atom is 0.137 e. The van der Waals surface area contributed by atoms with Gasteiger partial charge in [-0.05, 0) is 77.5 Å². The second-order valence-electron chi connectivity index (χ2n) is 15.4. The molecule has 6 aliphatic rings. The summed E-state index contributed by atoms with van der Waals surface area (Å²) in [5, 5.41) is 2.06. The first-order valence-corrected chi connectivity index (χ1v) is 20.2. The Hall–Kier alpha value is -5.94. The molecule has 0 atom stereocenters. The summed E-state index contributed by atoms with van der Waals surface area (Å²) >= 11 is 10.4. The van der Waals surface area contributed by atoms with Crippen molar-refractivity contribution in [3.63, 3.8) is 0 Å². The van der Waals surface area contributed by atoms with Crippen molar-refractivity contribution in [2.75, 3.05) is 0 Å². The molecular formula is C52H34N2S2. The maximum atomic E-state index is 5.62. The molecule has 6 aliphatic carbocycles. The zero-order valence-corrected chi connectivity index (χ0v) is 32.1. The van der Waals surface area contributed by atoms with Crippen LogP contribution < -0.4 is 0 Å². The highest BCUT2D eigenvalue weighted by molar-refractivity contribution is 7.81. The van der Waals surface area contributed by atoms with Gasteiger partial charge in [-0.25, -0.2) is 0 Å². The van der Waals surface area contributed by atoms with E-state index < -0.39 is 11.1 Å². The number of rotatable bonds is 4. The number of hydrogen-bond donors (Lipinski definition) is 2. The highest BCUT2D eigenvalue weighted by atomic mass is 32.1. The maximum absolute atomic E-state index is 5.62. The molecule has 0 N–H and O–H groups in total. The summed E-state index contributed by atoms with van der Waals surface area (Å²) in [7, 11) is 0. The van der Waals surface area contributed by atoms with Crippen molar-refractivity contribution in [2.45, 2.75) is 32.7 Å². The molecule has 2 nitrogen and oxygen atoms in total. The molecule has 0 radical (unpaired) electrons. The number of nitrogens with zero attached hydrogens (tertiary/aromatic N) is 2. The molecule has 4 heteroatoms. The Kier molecular flexibility index (Phi) is 6.80. The van der Waals surface area contributed by atoms with E-state index in [4.69, 9.17) is 35.2 Å². The molecule has 0 saturated heterocycles. The fourth-order valence-corrected chi connectivity index (χ4v) is 11.4. The minimum absolute atomic E-state index is 0.204. The van der Waals surface area contributed by atoms with Crippen molar-refractivity contribution < 1.29 is 0 Å². The van der Waals surface area contributed by atoms with E-state index >= 15 is 0 Å². The van der Waals surface area contributed by atoms with Crippen LogP contribution in [0.4, 0.5) is 0 Å². The standard InChI is InChI=1S/C52H34N2S2/c55-49-31(29-53-51-41-19-7-1-13-35(41)47(36-14-2-8-20-42(36)51)37-15-3-9-21-43(37)51)25-27-34-33(49)28-26-32(50(34)56)30-54-52-44-22-10-4-16-38(44)48(39-17-5-11-23-45(39)52)40-18-6-12-24-46(40)52/h1-30,47-48,55-56H. The van der Waals surface area contributed by atoms with Gasteiger partial charge in [-0.15, -0.1) is 25.3 Å². The van der Waals surface area contributed by atoms with E-state index in [0.717, 1.165) is 31.7 Å². The van der Waals surface area contributed by atoms with Gasteiger partial charge in [0.25, 0.3) is 0 Å². The molecule has 0 spiro atoms. The third-order valence-electron chi connectivity index (χ3n) is 13.0. The first-order chi connectivity index (χ1) is 27.6. The Morgan fingerprint density at radius 1 is 0.339 bits per heavy atom. The zero-order valence-electron chi connectivity index (χ0n) is 30.3. The molecule has 4 bridgehead atoms. The van der Waals surface area contributed by atoms with Crippen LogP contribution in [0.5, 0.6) is 0 Å². The Balaban J connectivity index is 0.984. The third-order valence-corrected chi connectivity index (χ3v) is 14.0. The molecule has 0 unspecified atom stereocenters. The Labute approximate surface area is 337 Å². The molecule has 0 saturated carbocycles. The lowest BCUT2D eigenvalue weighted by atomic mass is 9.57. The highest BCUT2D eigenvalue weighted by Gasteiger charge is 2.52. The molecule has 0 aliphatic heterocycles. The van der Waals surface area contributed by atoms with Crippen molar-refractivity contribution >= 4 is 48.5 Å². The fourth-order valence-electron chi connectivity index (χ4n) is 10.7. The second kappa shape index (κ2) is 11.8. The first-order valence-electron chi connectivity index (χ1n) is 19.3. The molecule has 14 rings (SSSR count). The molecule has 8 aromatic rings. The van der Waals surface area contributed by atoms with Crippen molar-refractivity contribution in [1.82, 2.24) is 0 Å². The summed E-state index contributed by atoms with van der Waals surface area (Å²) in [4.78, 5) is 13.0. The minimum Gasteiger partial charge on any atom is -0.271 e. The lowest BCUT2D eigenvalue weighted by Crippen LogP contribution is -2.41. The summed E-state index contributed by atoms with van der Waals surface area (Å²) in [6, 6.07) is 61.6. The van der Waals surface area contributed by atoms with Gasteiger partial charge >= 0.3 is 0 Å². The van der Waals surface area contributed by atoms with Gasteiger partial charge in [0.05, 0.1) is 0 Å². The number of benzene rings is 8. The van der Waals surface area contributed by atoms with Gasteiger partial charge in [0.15, 0.2) is 0 Å². The smallest absolute Gasteiger partial charge is 0.137 e. The third kappa shape index (κ3) is 4.05. The van der Waals surface area contributed by atoms with Crippen LogP contribution in [0.25, 0.3) is 10.8 Å². The quantitative estimate of drug-likeness (QED) is 0.132. The van der Waals surface area contributed by atoms with Gasteiger partial charge in [-0.3, -0.25) is 9.98 Å². The fraction of sp³-hybridized carbons (Fsp3) is 0.0769. The predicted molar refractivity (Wildman–Crippen MR) is 234 cm³/mol. The zero-order chi connectivity index (χ0) is 37.2. The van der Waals surface area contributed by atoms with E-state index in [1.165, 1.54) is 66.8 Å². The van der Waals surface area contributed by atoms with Crippen LogP contribution in [0.2, 0.25) is 0 Å². The number of aliphatic imine (C=N–C) groups is 2. The topological polar surface area (TPSA) is 24.7 Å². The minimum atomic E-state index is -0.656. The van der Waals surface area contributed by atoms with Crippen molar-refractivity contribution in [1.29, 1.82) is 0 Å². The molecule has 8 aromatic carbocycles. The Bertz CT molecular complexity index is 2610. The molecular weight excluding hydrogens is 717 g/mol. The summed E-state index contributed by atoms with van der Waals surface area (Å²) in [6.07, 6.45) is 4.08. The normalized spacial score (nSPS) is 21.8. The van der Waals surface area contributed by atoms with Crippen LogP contribution in [-0.4, -0.2) is 12.4 Å². The van der Waals surface area contributed by atoms with Crippen molar-refractivity contribution in [3.8, 4) is 0 Å². The van der Waals surface area contributed by atoms with E-state index in [1.54, 1.807) is 0 Å². The molecule has 0 amide bonds. The van der Waals surface area contributed by atoms with Crippen LogP contribution in [0.15, 0.2) is 190 Å². The summed E-state index contributed by atoms with van der Waals surface area (Å²) in [6.45, 7) is 0. The van der Waals surface area contributed by atoms with Crippen molar-refractivity contribution in [2.24, 2.45) is 9.98 Å². The van der Waals surface area contributed by atoms with Crippen LogP contribution in [0, 0.1) is 0 Å². The number of hydrogen-bond acceptors (Lipinski definition) is 4. The Morgan fingerprint density at radius 2 is 0.589 bits per heavy atom. The molecule has 0 aromatic heterocycles. The van der Waals surface area contributed by atoms with Crippen molar-refractivity contribution in [3.05, 3.63) is 248 Å². The average Bonchev–Trinajstić information content (AvgIpc) is 3.26. The van der Waals surface area contributed by atoms with Crippen LogP contribution in [-0.2, 0) is 11.1 Å². The van der Waals surface area contributed by atoms with Crippen LogP contribution in [0.3, 0.4) is 0 Å². The lowest BCUT2D eigenvalue weighted by Gasteiger charge is -2.48. The van der Waals surface area contributed by atoms with Crippen LogP contribution in [0.1, 0.15) is 89.7 Å². The Morgan fingerprint density at radius 3 is 0.857 bits per heavy atom. The average molecular weight is 751 g/mol. The highest BCUT2D eigenvalue weighted by Crippen LogP contribution is 2.61. The van der Waals surface area contributed by atoms with Gasteiger partial charge in [0.1, 0.15) is 11.1 Å². The molecule has 0 fully saturated rings. The predicted octanol–water partition coefficient (Wildman–Crippen LogP) is 11.9. The van der Waals surface area contributed by atoms with E-state index in [-0.39, 0.29) is 11.8 Å². The lowest BCUT2D eigenvalue weighted by molar-refractivity contribution is 0.571.